The first-order chi connectivity index (χ1) is 8.22. The largest absolute Gasteiger partial charge is 0.481 e. The Bertz CT molecular complexity index is 403. The molecular formula is C12H18N2O2S. The summed E-state index contributed by atoms with van der Waals surface area (Å²) in [5.74, 6) is -1.13. The predicted molar refractivity (Wildman–Crippen MR) is 68.8 cm³/mol. The average molecular weight is 254 g/mol. The maximum atomic E-state index is 11.0. The smallest absolute Gasteiger partial charge is 0.312 e. The lowest BCUT2D eigenvalue weighted by atomic mass is 10.1. The van der Waals surface area contributed by atoms with Crippen molar-refractivity contribution in [3.8, 4) is 0 Å². The van der Waals surface area contributed by atoms with Gasteiger partial charge in [0.1, 0.15) is 5.92 Å². The summed E-state index contributed by atoms with van der Waals surface area (Å²) in [5.41, 5.74) is 0.792. The van der Waals surface area contributed by atoms with Gasteiger partial charge in [0.15, 0.2) is 5.13 Å². The monoisotopic (exact) mass is 254 g/mol. The number of nitrogens with one attached hydrogen (secondary N) is 1. The first kappa shape index (κ1) is 12.4. The van der Waals surface area contributed by atoms with E-state index in [0.717, 1.165) is 35.1 Å². The number of thiazole rings is 1. The quantitative estimate of drug-likeness (QED) is 0.766. The van der Waals surface area contributed by atoms with Crippen LogP contribution in [0.25, 0.3) is 0 Å². The molecule has 5 heteroatoms. The molecule has 0 aromatic carbocycles. The van der Waals surface area contributed by atoms with Gasteiger partial charge in [0, 0.05) is 11.4 Å². The molecule has 94 valence electrons. The Morgan fingerprint density at radius 3 is 3.12 bits per heavy atom. The molecule has 1 aromatic heterocycles. The summed E-state index contributed by atoms with van der Waals surface area (Å²) < 4.78 is 0. The lowest BCUT2D eigenvalue weighted by Crippen LogP contribution is -2.09. The van der Waals surface area contributed by atoms with Crippen molar-refractivity contribution in [1.29, 1.82) is 0 Å². The molecule has 0 spiro atoms. The summed E-state index contributed by atoms with van der Waals surface area (Å²) >= 11 is 1.62. The second-order valence-corrected chi connectivity index (χ2v) is 5.47. The number of carbonyl (C=O) groups is 1. The van der Waals surface area contributed by atoms with Crippen LogP contribution >= 0.6 is 11.3 Å². The molecular weight excluding hydrogens is 236 g/mol. The number of nitrogens with zero attached hydrogens (tertiary/aromatic N) is 1. The summed E-state index contributed by atoms with van der Waals surface area (Å²) in [6.07, 6.45) is 5.14. The summed E-state index contributed by atoms with van der Waals surface area (Å²) in [7, 11) is 0. The highest BCUT2D eigenvalue weighted by molar-refractivity contribution is 7.15. The highest BCUT2D eigenvalue weighted by Crippen LogP contribution is 2.38. The van der Waals surface area contributed by atoms with Crippen molar-refractivity contribution >= 4 is 22.4 Å². The molecule has 1 unspecified atom stereocenters. The molecule has 2 rings (SSSR count). The van der Waals surface area contributed by atoms with Gasteiger partial charge in [0.25, 0.3) is 0 Å². The van der Waals surface area contributed by atoms with Gasteiger partial charge in [-0.3, -0.25) is 4.79 Å². The standard InChI is InChI=1S/C12H18N2O2S/c1-2-3-4-7-13-12-14-10-8(11(15)16)5-6-9(10)17-12/h8H,2-7H2,1H3,(H,13,14)(H,15,16). The first-order valence-electron chi connectivity index (χ1n) is 6.18. The number of hydrogen-bond acceptors (Lipinski definition) is 4. The lowest BCUT2D eigenvalue weighted by Gasteiger charge is -2.03. The van der Waals surface area contributed by atoms with E-state index < -0.39 is 5.97 Å². The van der Waals surface area contributed by atoms with Gasteiger partial charge in [0.05, 0.1) is 5.69 Å². The van der Waals surface area contributed by atoms with E-state index >= 15 is 0 Å². The van der Waals surface area contributed by atoms with Crippen LogP contribution in [-0.2, 0) is 11.2 Å². The van der Waals surface area contributed by atoms with Gasteiger partial charge in [-0.05, 0) is 19.3 Å². The summed E-state index contributed by atoms with van der Waals surface area (Å²) in [6.45, 7) is 3.10. The molecule has 0 bridgehead atoms. The summed E-state index contributed by atoms with van der Waals surface area (Å²) in [4.78, 5) is 16.6. The van der Waals surface area contributed by atoms with Gasteiger partial charge < -0.3 is 10.4 Å². The van der Waals surface area contributed by atoms with Crippen LogP contribution in [0.15, 0.2) is 0 Å². The fourth-order valence-electron chi connectivity index (χ4n) is 2.11. The van der Waals surface area contributed by atoms with Crippen LogP contribution in [0.3, 0.4) is 0 Å². The fraction of sp³-hybridized carbons (Fsp3) is 0.667. The first-order valence-corrected chi connectivity index (χ1v) is 7.00. The molecule has 0 radical (unpaired) electrons. The van der Waals surface area contributed by atoms with Crippen molar-refractivity contribution in [2.75, 3.05) is 11.9 Å². The molecule has 17 heavy (non-hydrogen) atoms. The number of rotatable bonds is 6. The molecule has 0 fully saturated rings. The van der Waals surface area contributed by atoms with Crippen LogP contribution in [-0.4, -0.2) is 22.6 Å². The Morgan fingerprint density at radius 1 is 1.59 bits per heavy atom. The maximum absolute atomic E-state index is 11.0. The van der Waals surface area contributed by atoms with Crippen LogP contribution < -0.4 is 5.32 Å². The molecule has 1 aromatic rings. The number of carboxylic acid groups (broad SMARTS) is 1. The van der Waals surface area contributed by atoms with Crippen molar-refractivity contribution in [3.63, 3.8) is 0 Å². The highest BCUT2D eigenvalue weighted by Gasteiger charge is 2.32. The molecule has 0 saturated heterocycles. The van der Waals surface area contributed by atoms with Crippen molar-refractivity contribution < 1.29 is 9.90 Å². The topological polar surface area (TPSA) is 62.2 Å². The minimum absolute atomic E-state index is 0.382. The van der Waals surface area contributed by atoms with E-state index in [4.69, 9.17) is 5.11 Å². The molecule has 0 saturated carbocycles. The highest BCUT2D eigenvalue weighted by atomic mass is 32.1. The van der Waals surface area contributed by atoms with Gasteiger partial charge in [-0.25, -0.2) is 4.98 Å². The fourth-order valence-corrected chi connectivity index (χ4v) is 3.18. The van der Waals surface area contributed by atoms with E-state index in [2.05, 4.69) is 17.2 Å². The number of aromatic nitrogens is 1. The Kier molecular flexibility index (Phi) is 3.99. The second-order valence-electron chi connectivity index (χ2n) is 4.39. The van der Waals surface area contributed by atoms with Crippen LogP contribution in [0.4, 0.5) is 5.13 Å². The minimum atomic E-state index is -0.744. The Hall–Kier alpha value is -1.10. The van der Waals surface area contributed by atoms with Gasteiger partial charge in [-0.15, -0.1) is 11.3 Å². The van der Waals surface area contributed by atoms with Gasteiger partial charge in [-0.1, -0.05) is 19.8 Å². The van der Waals surface area contributed by atoms with Crippen molar-refractivity contribution in [3.05, 3.63) is 10.6 Å². The third-order valence-corrected chi connectivity index (χ3v) is 4.16. The summed E-state index contributed by atoms with van der Waals surface area (Å²) in [5, 5.41) is 13.2. The van der Waals surface area contributed by atoms with E-state index in [1.165, 1.54) is 12.8 Å². The molecule has 0 aliphatic heterocycles. The van der Waals surface area contributed by atoms with E-state index in [9.17, 15) is 4.79 Å². The number of aliphatic carboxylic acids is 1. The average Bonchev–Trinajstić information content (AvgIpc) is 2.82. The van der Waals surface area contributed by atoms with Gasteiger partial charge in [0.2, 0.25) is 0 Å². The molecule has 1 atom stereocenters. The van der Waals surface area contributed by atoms with E-state index in [1.807, 2.05) is 0 Å². The number of fused-ring (bicyclic) bond motifs is 1. The zero-order chi connectivity index (χ0) is 12.3. The number of hydrogen-bond donors (Lipinski definition) is 2. The van der Waals surface area contributed by atoms with E-state index in [0.29, 0.717) is 6.42 Å². The number of unbranched alkanes of at least 4 members (excludes halogenated alkanes) is 2. The molecule has 1 aliphatic carbocycles. The molecule has 0 amide bonds. The maximum Gasteiger partial charge on any atom is 0.312 e. The molecule has 1 aliphatic rings. The van der Waals surface area contributed by atoms with Crippen LogP contribution in [0.5, 0.6) is 0 Å². The van der Waals surface area contributed by atoms with E-state index in [-0.39, 0.29) is 5.92 Å². The molecule has 1 heterocycles. The SMILES string of the molecule is CCCCCNc1nc2c(s1)CCC2C(=O)O. The van der Waals surface area contributed by atoms with Crippen LogP contribution in [0.1, 0.15) is 49.1 Å². The predicted octanol–water partition coefficient (Wildman–Crippen LogP) is 2.86. The zero-order valence-corrected chi connectivity index (χ0v) is 10.8. The zero-order valence-electron chi connectivity index (χ0n) is 10.0. The third-order valence-electron chi connectivity index (χ3n) is 3.07. The Labute approximate surface area is 105 Å². The minimum Gasteiger partial charge on any atom is -0.481 e. The number of carboxylic acids is 1. The van der Waals surface area contributed by atoms with Gasteiger partial charge in [-0.2, -0.15) is 0 Å². The number of anilines is 1. The molecule has 2 N–H and O–H groups in total. The Balaban J connectivity index is 1.94. The van der Waals surface area contributed by atoms with Crippen molar-refractivity contribution in [2.45, 2.75) is 44.9 Å². The van der Waals surface area contributed by atoms with Crippen molar-refractivity contribution in [1.82, 2.24) is 4.98 Å². The molecule has 4 nitrogen and oxygen atoms in total. The van der Waals surface area contributed by atoms with Crippen LogP contribution in [0.2, 0.25) is 0 Å². The number of aryl methyl sites for hydroxylation is 1. The normalized spacial score (nSPS) is 18.1. The second kappa shape index (κ2) is 5.49. The van der Waals surface area contributed by atoms with Crippen molar-refractivity contribution in [2.24, 2.45) is 0 Å². The van der Waals surface area contributed by atoms with Gasteiger partial charge >= 0.3 is 5.97 Å². The van der Waals surface area contributed by atoms with E-state index in [1.54, 1.807) is 11.3 Å². The van der Waals surface area contributed by atoms with Crippen LogP contribution in [0, 0.1) is 0 Å². The third kappa shape index (κ3) is 2.77. The summed E-state index contributed by atoms with van der Waals surface area (Å²) in [6, 6.07) is 0. The Morgan fingerprint density at radius 2 is 2.41 bits per heavy atom. The lowest BCUT2D eigenvalue weighted by molar-refractivity contribution is -0.138.